The maximum Gasteiger partial charge on any atom is 0.490 e. The van der Waals surface area contributed by atoms with Gasteiger partial charge in [-0.15, -0.1) is 0 Å². The summed E-state index contributed by atoms with van der Waals surface area (Å²) < 4.78 is 63.5. The standard InChI is InChI=1S/C23H34N2O2.2C2HF3O2/c1-2-18(15-17-7-4-3-5-8-17)21-16-22(21)25-20-12-10-19(11-13-20)24-14-6-9-23(26)27;2*3-2(4,5)1(6)7/h3-5,7-8,15,19-22,24-25H,2,6,9-14,16H2,1H3,(H,26,27);2*(H,6,7)/b18-15+;;/t19?,20?,21-,22+;;/m0../s1. The molecule has 1 aromatic rings. The highest BCUT2D eigenvalue weighted by molar-refractivity contribution is 5.73. The fourth-order valence-corrected chi connectivity index (χ4v) is 4.34. The Balaban J connectivity index is 0.000000497. The van der Waals surface area contributed by atoms with Gasteiger partial charge in [0.25, 0.3) is 0 Å². The molecule has 2 saturated carbocycles. The van der Waals surface area contributed by atoms with Gasteiger partial charge in [0.2, 0.25) is 0 Å². The van der Waals surface area contributed by atoms with Crippen LogP contribution in [0.3, 0.4) is 0 Å². The van der Waals surface area contributed by atoms with Gasteiger partial charge in [-0.05, 0) is 63.0 Å². The van der Waals surface area contributed by atoms with E-state index in [-0.39, 0.29) is 6.42 Å². The summed E-state index contributed by atoms with van der Waals surface area (Å²) in [4.78, 5) is 28.4. The Morgan fingerprint density at radius 2 is 1.37 bits per heavy atom. The zero-order chi connectivity index (χ0) is 31.2. The third-order valence-corrected chi connectivity index (χ3v) is 6.49. The van der Waals surface area contributed by atoms with E-state index in [0.717, 1.165) is 19.4 Å². The van der Waals surface area contributed by atoms with Crippen molar-refractivity contribution < 1.29 is 56.0 Å². The molecule has 5 N–H and O–H groups in total. The maximum atomic E-state index is 10.6. The summed E-state index contributed by atoms with van der Waals surface area (Å²) in [7, 11) is 0. The van der Waals surface area contributed by atoms with Crippen molar-refractivity contribution in [1.82, 2.24) is 10.6 Å². The molecule has 2 aliphatic rings. The Bertz CT molecular complexity index is 968. The van der Waals surface area contributed by atoms with Gasteiger partial charge in [0, 0.05) is 24.5 Å². The number of carbonyl (C=O) groups is 3. The van der Waals surface area contributed by atoms with Gasteiger partial charge in [0.1, 0.15) is 0 Å². The van der Waals surface area contributed by atoms with Gasteiger partial charge < -0.3 is 26.0 Å². The Morgan fingerprint density at radius 3 is 1.80 bits per heavy atom. The summed E-state index contributed by atoms with van der Waals surface area (Å²) in [5, 5.41) is 30.4. The largest absolute Gasteiger partial charge is 0.490 e. The Labute approximate surface area is 233 Å². The van der Waals surface area contributed by atoms with Crippen molar-refractivity contribution >= 4 is 24.0 Å². The lowest BCUT2D eigenvalue weighted by Crippen LogP contribution is -2.41. The van der Waals surface area contributed by atoms with Crippen molar-refractivity contribution in [3.8, 4) is 0 Å². The van der Waals surface area contributed by atoms with Gasteiger partial charge in [-0.25, -0.2) is 9.59 Å². The van der Waals surface area contributed by atoms with Crippen LogP contribution in [0.25, 0.3) is 6.08 Å². The Kier molecular flexibility index (Phi) is 14.9. The average molecular weight is 599 g/mol. The molecule has 0 aromatic heterocycles. The van der Waals surface area contributed by atoms with Gasteiger partial charge in [-0.3, -0.25) is 4.79 Å². The van der Waals surface area contributed by atoms with Gasteiger partial charge >= 0.3 is 30.3 Å². The molecule has 0 heterocycles. The molecule has 2 fully saturated rings. The van der Waals surface area contributed by atoms with Crippen LogP contribution in [-0.2, 0) is 14.4 Å². The van der Waals surface area contributed by atoms with E-state index in [1.807, 2.05) is 0 Å². The summed E-state index contributed by atoms with van der Waals surface area (Å²) in [5.74, 6) is -5.50. The van der Waals surface area contributed by atoms with Crippen molar-refractivity contribution in [3.05, 3.63) is 41.5 Å². The molecule has 0 unspecified atom stereocenters. The third kappa shape index (κ3) is 15.4. The van der Waals surface area contributed by atoms with E-state index < -0.39 is 30.3 Å². The maximum absolute atomic E-state index is 10.6. The molecular formula is C27H36F6N2O6. The summed E-state index contributed by atoms with van der Waals surface area (Å²) in [5.41, 5.74) is 2.89. The number of carboxylic acid groups (broad SMARTS) is 3. The van der Waals surface area contributed by atoms with Gasteiger partial charge in [-0.2, -0.15) is 26.3 Å². The molecule has 0 spiro atoms. The first-order valence-corrected chi connectivity index (χ1v) is 13.1. The SMILES string of the molecule is CC/C(=C\c1ccccc1)[C@@H]1C[C@H]1NC1CCC(NCCCC(=O)O)CC1.O=C(O)C(F)(F)F.O=C(O)C(F)(F)F. The van der Waals surface area contributed by atoms with Crippen LogP contribution in [-0.4, -0.2) is 70.3 Å². The molecule has 41 heavy (non-hydrogen) atoms. The van der Waals surface area contributed by atoms with Gasteiger partial charge in [0.15, 0.2) is 0 Å². The minimum absolute atomic E-state index is 0.267. The van der Waals surface area contributed by atoms with Crippen molar-refractivity contribution in [1.29, 1.82) is 0 Å². The number of alkyl halides is 6. The third-order valence-electron chi connectivity index (χ3n) is 6.49. The van der Waals surface area contributed by atoms with E-state index in [2.05, 4.69) is 54.0 Å². The first-order chi connectivity index (χ1) is 19.0. The molecule has 0 aliphatic heterocycles. The fraction of sp³-hybridized carbons (Fsp3) is 0.593. The number of nitrogens with one attached hydrogen (secondary N) is 2. The highest BCUT2D eigenvalue weighted by atomic mass is 19.4. The van der Waals surface area contributed by atoms with Gasteiger partial charge in [-0.1, -0.05) is 48.9 Å². The number of aliphatic carboxylic acids is 3. The van der Waals surface area contributed by atoms with Crippen molar-refractivity contribution in [3.63, 3.8) is 0 Å². The second-order valence-electron chi connectivity index (χ2n) is 9.70. The van der Waals surface area contributed by atoms with E-state index in [1.54, 1.807) is 5.57 Å². The molecular weight excluding hydrogens is 562 g/mol. The monoisotopic (exact) mass is 598 g/mol. The summed E-state index contributed by atoms with van der Waals surface area (Å²) in [6.45, 7) is 3.09. The van der Waals surface area contributed by atoms with Crippen LogP contribution in [0.4, 0.5) is 26.3 Å². The van der Waals surface area contributed by atoms with E-state index in [9.17, 15) is 31.1 Å². The smallest absolute Gasteiger partial charge is 0.481 e. The lowest BCUT2D eigenvalue weighted by atomic mass is 9.91. The predicted octanol–water partition coefficient (Wildman–Crippen LogP) is 5.49. The molecule has 0 amide bonds. The highest BCUT2D eigenvalue weighted by Gasteiger charge is 2.41. The van der Waals surface area contributed by atoms with Crippen LogP contribution >= 0.6 is 0 Å². The molecule has 2 atom stereocenters. The van der Waals surface area contributed by atoms with Crippen LogP contribution in [0.1, 0.15) is 63.9 Å². The second-order valence-corrected chi connectivity index (χ2v) is 9.70. The molecule has 8 nitrogen and oxygen atoms in total. The lowest BCUT2D eigenvalue weighted by molar-refractivity contribution is -0.193. The quantitative estimate of drug-likeness (QED) is 0.176. The predicted molar refractivity (Wildman–Crippen MR) is 138 cm³/mol. The van der Waals surface area contributed by atoms with E-state index in [4.69, 9.17) is 24.9 Å². The zero-order valence-corrected chi connectivity index (χ0v) is 22.5. The minimum atomic E-state index is -5.08. The molecule has 0 saturated heterocycles. The van der Waals surface area contributed by atoms with Crippen LogP contribution in [0.15, 0.2) is 35.9 Å². The number of benzene rings is 1. The fourth-order valence-electron chi connectivity index (χ4n) is 4.34. The molecule has 2 aliphatic carbocycles. The van der Waals surface area contributed by atoms with E-state index in [1.165, 1.54) is 37.7 Å². The van der Waals surface area contributed by atoms with Crippen molar-refractivity contribution in [2.45, 2.75) is 88.8 Å². The highest BCUT2D eigenvalue weighted by Crippen LogP contribution is 2.40. The molecule has 3 rings (SSSR count). The van der Waals surface area contributed by atoms with E-state index in [0.29, 0.717) is 24.0 Å². The average Bonchev–Trinajstić information content (AvgIpc) is 3.65. The Morgan fingerprint density at radius 1 is 0.878 bits per heavy atom. The second kappa shape index (κ2) is 17.0. The van der Waals surface area contributed by atoms with Crippen LogP contribution in [0.2, 0.25) is 0 Å². The number of halogens is 6. The topological polar surface area (TPSA) is 136 Å². The van der Waals surface area contributed by atoms with Crippen molar-refractivity contribution in [2.24, 2.45) is 5.92 Å². The summed E-state index contributed by atoms with van der Waals surface area (Å²) >= 11 is 0. The first kappa shape index (κ1) is 35.9. The summed E-state index contributed by atoms with van der Waals surface area (Å²) in [6.07, 6.45) is 0.460. The summed E-state index contributed by atoms with van der Waals surface area (Å²) in [6, 6.07) is 12.5. The number of rotatable bonds is 10. The molecule has 0 radical (unpaired) electrons. The number of carboxylic acids is 3. The normalized spacial score (nSPS) is 22.4. The van der Waals surface area contributed by atoms with Crippen molar-refractivity contribution in [2.75, 3.05) is 6.54 Å². The van der Waals surface area contributed by atoms with Crippen LogP contribution in [0, 0.1) is 5.92 Å². The molecule has 0 bridgehead atoms. The molecule has 14 heteroatoms. The Hall–Kier alpha value is -3.13. The van der Waals surface area contributed by atoms with Crippen LogP contribution < -0.4 is 10.6 Å². The number of hydrogen-bond acceptors (Lipinski definition) is 5. The van der Waals surface area contributed by atoms with Crippen LogP contribution in [0.5, 0.6) is 0 Å². The van der Waals surface area contributed by atoms with Gasteiger partial charge in [0.05, 0.1) is 0 Å². The van der Waals surface area contributed by atoms with E-state index >= 15 is 0 Å². The minimum Gasteiger partial charge on any atom is -0.481 e. The first-order valence-electron chi connectivity index (χ1n) is 13.1. The number of hydrogen-bond donors (Lipinski definition) is 5. The zero-order valence-electron chi connectivity index (χ0n) is 22.5. The molecule has 232 valence electrons. The lowest BCUT2D eigenvalue weighted by Gasteiger charge is -2.30. The molecule has 1 aromatic carbocycles.